The molecule has 1 rings (SSSR count). The van der Waals surface area contributed by atoms with E-state index in [9.17, 15) is 0 Å². The number of halogens is 1. The molecule has 0 aromatic carbocycles. The highest BCUT2D eigenvalue weighted by Gasteiger charge is 2.08. The molecule has 0 aliphatic rings. The number of thiazole rings is 1. The summed E-state index contributed by atoms with van der Waals surface area (Å²) in [6.07, 6.45) is 1.83. The van der Waals surface area contributed by atoms with Gasteiger partial charge in [-0.15, -0.1) is 11.3 Å². The second kappa shape index (κ2) is 6.50. The van der Waals surface area contributed by atoms with Crippen molar-refractivity contribution in [1.82, 2.24) is 10.3 Å². The van der Waals surface area contributed by atoms with Crippen LogP contribution in [0.5, 0.6) is 0 Å². The Kier molecular flexibility index (Phi) is 5.62. The molecule has 0 saturated carbocycles. The van der Waals surface area contributed by atoms with Crippen molar-refractivity contribution in [2.75, 3.05) is 19.8 Å². The molecule has 0 amide bonds. The Bertz CT molecular complexity index is 267. The molecule has 1 unspecified atom stereocenters. The first kappa shape index (κ1) is 12.1. The van der Waals surface area contributed by atoms with E-state index in [-0.39, 0.29) is 0 Å². The topological polar surface area (TPSA) is 34.1 Å². The fourth-order valence-electron chi connectivity index (χ4n) is 1.05. The molecule has 0 spiro atoms. The van der Waals surface area contributed by atoms with Gasteiger partial charge in [-0.05, 0) is 29.8 Å². The van der Waals surface area contributed by atoms with E-state index in [1.165, 1.54) is 0 Å². The van der Waals surface area contributed by atoms with E-state index >= 15 is 0 Å². The van der Waals surface area contributed by atoms with Gasteiger partial charge in [0.15, 0.2) is 0 Å². The maximum atomic E-state index is 5.24. The highest BCUT2D eigenvalue weighted by atomic mass is 79.9. The van der Waals surface area contributed by atoms with E-state index < -0.39 is 0 Å². The maximum Gasteiger partial charge on any atom is 0.110 e. The lowest BCUT2D eigenvalue weighted by molar-refractivity contribution is 0.147. The van der Waals surface area contributed by atoms with E-state index in [1.54, 1.807) is 11.3 Å². The highest BCUT2D eigenvalue weighted by molar-refractivity contribution is 9.11. The fourth-order valence-corrected chi connectivity index (χ4v) is 2.32. The quantitative estimate of drug-likeness (QED) is 0.813. The normalized spacial score (nSPS) is 13.1. The van der Waals surface area contributed by atoms with Gasteiger partial charge in [-0.1, -0.05) is 0 Å². The molecule has 0 radical (unpaired) electrons. The predicted molar refractivity (Wildman–Crippen MR) is 62.7 cm³/mol. The molecule has 1 N–H and O–H groups in total. The molecule has 0 bridgehead atoms. The van der Waals surface area contributed by atoms with Crippen molar-refractivity contribution in [2.24, 2.45) is 0 Å². The van der Waals surface area contributed by atoms with Crippen molar-refractivity contribution >= 4 is 27.3 Å². The predicted octanol–water partition coefficient (Wildman–Crippen LogP) is 2.59. The SMILES string of the molecule is CCOCCNC(C)c1ncc(Br)s1. The summed E-state index contributed by atoms with van der Waals surface area (Å²) in [5.41, 5.74) is 0. The summed E-state index contributed by atoms with van der Waals surface area (Å²) in [5, 5.41) is 4.45. The van der Waals surface area contributed by atoms with E-state index in [0.717, 1.165) is 28.6 Å². The average Bonchev–Trinajstić information content (AvgIpc) is 2.59. The number of hydrogen-bond acceptors (Lipinski definition) is 4. The molecule has 5 heteroatoms. The third-order valence-corrected chi connectivity index (χ3v) is 3.43. The van der Waals surface area contributed by atoms with Crippen molar-refractivity contribution < 1.29 is 4.74 Å². The lowest BCUT2D eigenvalue weighted by Gasteiger charge is -2.10. The standard InChI is InChI=1S/C9H15BrN2OS/c1-3-13-5-4-11-7(2)9-12-6-8(10)14-9/h6-7,11H,3-5H2,1-2H3. The Labute approximate surface area is 97.0 Å². The first-order chi connectivity index (χ1) is 6.74. The molecule has 14 heavy (non-hydrogen) atoms. The summed E-state index contributed by atoms with van der Waals surface area (Å²) in [6.45, 7) is 6.51. The van der Waals surface area contributed by atoms with Crippen LogP contribution in [0.4, 0.5) is 0 Å². The minimum atomic E-state index is 0.298. The van der Waals surface area contributed by atoms with E-state index in [2.05, 4.69) is 33.2 Å². The zero-order chi connectivity index (χ0) is 10.4. The van der Waals surface area contributed by atoms with Crippen LogP contribution in [0.1, 0.15) is 24.9 Å². The summed E-state index contributed by atoms with van der Waals surface area (Å²) in [5.74, 6) is 0. The zero-order valence-electron chi connectivity index (χ0n) is 8.42. The van der Waals surface area contributed by atoms with Gasteiger partial charge in [0.2, 0.25) is 0 Å². The Morgan fingerprint density at radius 2 is 2.50 bits per heavy atom. The molecule has 3 nitrogen and oxygen atoms in total. The van der Waals surface area contributed by atoms with Crippen LogP contribution in [-0.2, 0) is 4.74 Å². The van der Waals surface area contributed by atoms with Crippen LogP contribution in [0.15, 0.2) is 9.98 Å². The second-order valence-electron chi connectivity index (χ2n) is 2.88. The maximum absolute atomic E-state index is 5.24. The molecule has 1 aromatic rings. The molecule has 0 fully saturated rings. The Morgan fingerprint density at radius 3 is 3.07 bits per heavy atom. The van der Waals surface area contributed by atoms with Gasteiger partial charge >= 0.3 is 0 Å². The van der Waals surface area contributed by atoms with Crippen LogP contribution < -0.4 is 5.32 Å². The van der Waals surface area contributed by atoms with Gasteiger partial charge in [0.05, 0.1) is 22.6 Å². The van der Waals surface area contributed by atoms with Crippen LogP contribution in [0, 0.1) is 0 Å². The lowest BCUT2D eigenvalue weighted by Crippen LogP contribution is -2.23. The summed E-state index contributed by atoms with van der Waals surface area (Å²) in [6, 6.07) is 0.298. The van der Waals surface area contributed by atoms with Crippen LogP contribution in [-0.4, -0.2) is 24.7 Å². The molecule has 1 atom stereocenters. The van der Waals surface area contributed by atoms with Gasteiger partial charge in [0, 0.05) is 13.2 Å². The second-order valence-corrected chi connectivity index (χ2v) is 5.32. The van der Waals surface area contributed by atoms with Crippen molar-refractivity contribution in [1.29, 1.82) is 0 Å². The summed E-state index contributed by atoms with van der Waals surface area (Å²) in [4.78, 5) is 4.28. The molecule has 0 saturated heterocycles. The van der Waals surface area contributed by atoms with Gasteiger partial charge in [-0.3, -0.25) is 0 Å². The fraction of sp³-hybridized carbons (Fsp3) is 0.667. The summed E-state index contributed by atoms with van der Waals surface area (Å²) < 4.78 is 6.31. The first-order valence-corrected chi connectivity index (χ1v) is 6.27. The molecule has 0 aliphatic heterocycles. The van der Waals surface area contributed by atoms with Crippen molar-refractivity contribution in [3.63, 3.8) is 0 Å². The Morgan fingerprint density at radius 1 is 1.71 bits per heavy atom. The number of nitrogens with one attached hydrogen (secondary N) is 1. The van der Waals surface area contributed by atoms with Crippen LogP contribution in [0.2, 0.25) is 0 Å². The van der Waals surface area contributed by atoms with Gasteiger partial charge in [-0.25, -0.2) is 4.98 Å². The molecule has 1 heterocycles. The zero-order valence-corrected chi connectivity index (χ0v) is 10.8. The third kappa shape index (κ3) is 4.04. The van der Waals surface area contributed by atoms with E-state index in [4.69, 9.17) is 4.74 Å². The number of nitrogens with zero attached hydrogens (tertiary/aromatic N) is 1. The van der Waals surface area contributed by atoms with Crippen molar-refractivity contribution in [3.8, 4) is 0 Å². The third-order valence-electron chi connectivity index (χ3n) is 1.77. The summed E-state index contributed by atoms with van der Waals surface area (Å²) in [7, 11) is 0. The first-order valence-electron chi connectivity index (χ1n) is 4.66. The smallest absolute Gasteiger partial charge is 0.110 e. The lowest BCUT2D eigenvalue weighted by atomic mass is 10.3. The Balaban J connectivity index is 2.25. The average molecular weight is 279 g/mol. The Hall–Kier alpha value is 0.0300. The highest BCUT2D eigenvalue weighted by Crippen LogP contribution is 2.23. The summed E-state index contributed by atoms with van der Waals surface area (Å²) >= 11 is 5.06. The molecular formula is C9H15BrN2OS. The van der Waals surface area contributed by atoms with Crippen LogP contribution in [0.25, 0.3) is 0 Å². The number of aromatic nitrogens is 1. The van der Waals surface area contributed by atoms with Crippen LogP contribution in [0.3, 0.4) is 0 Å². The number of hydrogen-bond donors (Lipinski definition) is 1. The number of rotatable bonds is 6. The minimum Gasteiger partial charge on any atom is -0.380 e. The van der Waals surface area contributed by atoms with Crippen molar-refractivity contribution in [2.45, 2.75) is 19.9 Å². The molecule has 1 aromatic heterocycles. The van der Waals surface area contributed by atoms with Gasteiger partial charge < -0.3 is 10.1 Å². The van der Waals surface area contributed by atoms with Gasteiger partial charge in [-0.2, -0.15) is 0 Å². The molecule has 80 valence electrons. The molecule has 0 aliphatic carbocycles. The van der Waals surface area contributed by atoms with E-state index in [0.29, 0.717) is 6.04 Å². The van der Waals surface area contributed by atoms with Crippen LogP contribution >= 0.6 is 27.3 Å². The minimum absolute atomic E-state index is 0.298. The van der Waals surface area contributed by atoms with Crippen molar-refractivity contribution in [3.05, 3.63) is 15.0 Å². The van der Waals surface area contributed by atoms with Gasteiger partial charge in [0.25, 0.3) is 0 Å². The van der Waals surface area contributed by atoms with Gasteiger partial charge in [0.1, 0.15) is 5.01 Å². The molecular weight excluding hydrogens is 264 g/mol. The number of ether oxygens (including phenoxy) is 1. The monoisotopic (exact) mass is 278 g/mol. The largest absolute Gasteiger partial charge is 0.380 e. The van der Waals surface area contributed by atoms with E-state index in [1.807, 2.05) is 13.1 Å².